The van der Waals surface area contributed by atoms with Gasteiger partial charge < -0.3 is 15.2 Å². The molecule has 3 rings (SSSR count). The average Bonchev–Trinajstić information content (AvgIpc) is 3.00. The molecule has 2 aromatic rings. The summed E-state index contributed by atoms with van der Waals surface area (Å²) in [4.78, 5) is 23.8. The summed E-state index contributed by atoms with van der Waals surface area (Å²) in [5, 5.41) is 11.8. The molecule has 1 aromatic carbocycles. The van der Waals surface area contributed by atoms with E-state index in [9.17, 15) is 9.59 Å². The van der Waals surface area contributed by atoms with Crippen LogP contribution in [-0.4, -0.2) is 29.7 Å². The third kappa shape index (κ3) is 3.50. The summed E-state index contributed by atoms with van der Waals surface area (Å²) >= 11 is 0. The predicted octanol–water partition coefficient (Wildman–Crippen LogP) is 1.99. The maximum Gasteiger partial charge on any atom is 0.321 e. The van der Waals surface area contributed by atoms with E-state index in [-0.39, 0.29) is 11.8 Å². The van der Waals surface area contributed by atoms with Gasteiger partial charge in [-0.25, -0.2) is 4.79 Å². The molecule has 1 aromatic heterocycles. The Morgan fingerprint density at radius 2 is 2.13 bits per heavy atom. The zero-order valence-corrected chi connectivity index (χ0v) is 12.7. The van der Waals surface area contributed by atoms with E-state index in [1.807, 2.05) is 37.3 Å². The van der Waals surface area contributed by atoms with Crippen LogP contribution >= 0.6 is 0 Å². The Labute approximate surface area is 133 Å². The summed E-state index contributed by atoms with van der Waals surface area (Å²) in [6.07, 6.45) is 0.832. The summed E-state index contributed by atoms with van der Waals surface area (Å²) in [6.45, 7) is 2.58. The van der Waals surface area contributed by atoms with Crippen LogP contribution in [0.25, 0.3) is 11.3 Å². The molecule has 0 bridgehead atoms. The van der Waals surface area contributed by atoms with Gasteiger partial charge in [-0.15, -0.1) is 0 Å². The van der Waals surface area contributed by atoms with Gasteiger partial charge in [-0.05, 0) is 12.3 Å². The number of nitrogens with one attached hydrogen (secondary N) is 3. The van der Waals surface area contributed by atoms with Crippen LogP contribution in [0.3, 0.4) is 0 Å². The molecular formula is C16H18N4O3. The summed E-state index contributed by atoms with van der Waals surface area (Å²) < 4.78 is 5.21. The molecule has 120 valence electrons. The van der Waals surface area contributed by atoms with E-state index in [1.54, 1.807) is 6.07 Å². The smallest absolute Gasteiger partial charge is 0.321 e. The molecule has 2 heterocycles. The first-order valence-electron chi connectivity index (χ1n) is 7.51. The van der Waals surface area contributed by atoms with Crippen LogP contribution in [0.1, 0.15) is 13.3 Å². The van der Waals surface area contributed by atoms with Crippen molar-refractivity contribution in [3.8, 4) is 11.3 Å². The third-order valence-electron chi connectivity index (χ3n) is 3.85. The van der Waals surface area contributed by atoms with Gasteiger partial charge >= 0.3 is 6.03 Å². The van der Waals surface area contributed by atoms with Gasteiger partial charge in [0, 0.05) is 18.2 Å². The van der Waals surface area contributed by atoms with Crippen molar-refractivity contribution >= 4 is 17.8 Å². The van der Waals surface area contributed by atoms with Gasteiger partial charge in [0.2, 0.25) is 5.91 Å². The van der Waals surface area contributed by atoms with Gasteiger partial charge in [-0.2, -0.15) is 0 Å². The van der Waals surface area contributed by atoms with Gasteiger partial charge in [0.25, 0.3) is 0 Å². The number of rotatable bonds is 3. The standard InChI is InChI=1S/C16H18N4O3/c1-10-7-8-17-15(21)14(10)19-16(22)18-13-9-12(23-20-13)11-5-3-2-4-6-11/h2-6,9-10,14H,7-8H2,1H3,(H,17,21)(H2,18,19,20,22). The molecule has 0 radical (unpaired) electrons. The van der Waals surface area contributed by atoms with Gasteiger partial charge in [-0.3, -0.25) is 10.1 Å². The number of nitrogens with zero attached hydrogens (tertiary/aromatic N) is 1. The molecule has 0 saturated carbocycles. The molecule has 23 heavy (non-hydrogen) atoms. The number of carbonyl (C=O) groups excluding carboxylic acids is 2. The van der Waals surface area contributed by atoms with Crippen LogP contribution in [0.5, 0.6) is 0 Å². The van der Waals surface area contributed by atoms with Crippen molar-refractivity contribution in [3.05, 3.63) is 36.4 Å². The molecule has 0 spiro atoms. The second-order valence-electron chi connectivity index (χ2n) is 5.58. The first-order chi connectivity index (χ1) is 11.1. The highest BCUT2D eigenvalue weighted by Gasteiger charge is 2.30. The van der Waals surface area contributed by atoms with E-state index < -0.39 is 12.1 Å². The minimum atomic E-state index is -0.538. The zero-order chi connectivity index (χ0) is 16.2. The van der Waals surface area contributed by atoms with E-state index in [4.69, 9.17) is 4.52 Å². The van der Waals surface area contributed by atoms with E-state index in [1.165, 1.54) is 0 Å². The maximum atomic E-state index is 12.0. The lowest BCUT2D eigenvalue weighted by Crippen LogP contribution is -2.55. The number of piperidine rings is 1. The topological polar surface area (TPSA) is 96.3 Å². The molecule has 7 nitrogen and oxygen atoms in total. The number of hydrogen-bond donors (Lipinski definition) is 3. The minimum Gasteiger partial charge on any atom is -0.354 e. The summed E-state index contributed by atoms with van der Waals surface area (Å²) in [5.74, 6) is 0.783. The Kier molecular flexibility index (Phi) is 4.27. The summed E-state index contributed by atoms with van der Waals surface area (Å²) in [5.41, 5.74) is 0.869. The fourth-order valence-electron chi connectivity index (χ4n) is 2.53. The Morgan fingerprint density at radius 1 is 1.35 bits per heavy atom. The van der Waals surface area contributed by atoms with E-state index in [0.29, 0.717) is 18.1 Å². The van der Waals surface area contributed by atoms with Crippen molar-refractivity contribution < 1.29 is 14.1 Å². The highest BCUT2D eigenvalue weighted by molar-refractivity contribution is 5.93. The minimum absolute atomic E-state index is 0.0895. The van der Waals surface area contributed by atoms with Crippen LogP contribution in [0.15, 0.2) is 40.9 Å². The zero-order valence-electron chi connectivity index (χ0n) is 12.7. The molecule has 7 heteroatoms. The molecule has 1 fully saturated rings. The number of aromatic nitrogens is 1. The SMILES string of the molecule is CC1CCNC(=O)C1NC(=O)Nc1cc(-c2ccccc2)on1. The molecule has 2 atom stereocenters. The van der Waals surface area contributed by atoms with E-state index in [0.717, 1.165) is 12.0 Å². The van der Waals surface area contributed by atoms with Crippen LogP contribution in [0.4, 0.5) is 10.6 Å². The molecule has 0 aliphatic carbocycles. The van der Waals surface area contributed by atoms with Gasteiger partial charge in [-0.1, -0.05) is 42.4 Å². The lowest BCUT2D eigenvalue weighted by Gasteiger charge is -2.28. The summed E-state index contributed by atoms with van der Waals surface area (Å²) in [6, 6.07) is 10.1. The van der Waals surface area contributed by atoms with Crippen LogP contribution in [-0.2, 0) is 4.79 Å². The van der Waals surface area contributed by atoms with E-state index in [2.05, 4.69) is 21.1 Å². The first kappa shape index (κ1) is 15.1. The second kappa shape index (κ2) is 6.51. The largest absolute Gasteiger partial charge is 0.354 e. The molecule has 3 amide bonds. The number of hydrogen-bond acceptors (Lipinski definition) is 4. The van der Waals surface area contributed by atoms with Crippen molar-refractivity contribution in [1.82, 2.24) is 15.8 Å². The lowest BCUT2D eigenvalue weighted by molar-refractivity contribution is -0.125. The quantitative estimate of drug-likeness (QED) is 0.807. The molecule has 1 aliphatic heterocycles. The van der Waals surface area contributed by atoms with Crippen LogP contribution < -0.4 is 16.0 Å². The fraction of sp³-hybridized carbons (Fsp3) is 0.312. The fourth-order valence-corrected chi connectivity index (χ4v) is 2.53. The van der Waals surface area contributed by atoms with Crippen molar-refractivity contribution in [2.45, 2.75) is 19.4 Å². The molecule has 3 N–H and O–H groups in total. The van der Waals surface area contributed by atoms with Crippen molar-refractivity contribution in [2.75, 3.05) is 11.9 Å². The average molecular weight is 314 g/mol. The predicted molar refractivity (Wildman–Crippen MR) is 84.7 cm³/mol. The molecule has 1 saturated heterocycles. The van der Waals surface area contributed by atoms with Crippen LogP contribution in [0, 0.1) is 5.92 Å². The lowest BCUT2D eigenvalue weighted by atomic mass is 9.94. The van der Waals surface area contributed by atoms with Crippen molar-refractivity contribution in [1.29, 1.82) is 0 Å². The monoisotopic (exact) mass is 314 g/mol. The Balaban J connectivity index is 1.62. The highest BCUT2D eigenvalue weighted by Crippen LogP contribution is 2.22. The number of urea groups is 1. The van der Waals surface area contributed by atoms with Crippen molar-refractivity contribution in [3.63, 3.8) is 0 Å². The Hall–Kier alpha value is -2.83. The number of amides is 3. The molecule has 1 aliphatic rings. The maximum absolute atomic E-state index is 12.0. The first-order valence-corrected chi connectivity index (χ1v) is 7.51. The summed E-state index contributed by atoms with van der Waals surface area (Å²) in [7, 11) is 0. The Bertz CT molecular complexity index is 698. The van der Waals surface area contributed by atoms with Gasteiger partial charge in [0.1, 0.15) is 6.04 Å². The molecule has 2 unspecified atom stereocenters. The van der Waals surface area contributed by atoms with Gasteiger partial charge in [0.15, 0.2) is 11.6 Å². The van der Waals surface area contributed by atoms with Crippen LogP contribution in [0.2, 0.25) is 0 Å². The second-order valence-corrected chi connectivity index (χ2v) is 5.58. The Morgan fingerprint density at radius 3 is 2.87 bits per heavy atom. The normalized spacial score (nSPS) is 20.7. The van der Waals surface area contributed by atoms with Gasteiger partial charge in [0.05, 0.1) is 0 Å². The molecular weight excluding hydrogens is 296 g/mol. The van der Waals surface area contributed by atoms with E-state index >= 15 is 0 Å². The van der Waals surface area contributed by atoms with Crippen molar-refractivity contribution in [2.24, 2.45) is 5.92 Å². The highest BCUT2D eigenvalue weighted by atomic mass is 16.5. The number of carbonyl (C=O) groups is 2. The third-order valence-corrected chi connectivity index (χ3v) is 3.85. The number of benzene rings is 1. The number of anilines is 1.